The van der Waals surface area contributed by atoms with E-state index in [0.717, 1.165) is 4.88 Å². The zero-order chi connectivity index (χ0) is 21.4. The highest BCUT2D eigenvalue weighted by Gasteiger charge is 2.19. The van der Waals surface area contributed by atoms with E-state index in [1.54, 1.807) is 13.1 Å². The first-order chi connectivity index (χ1) is 14.4. The summed E-state index contributed by atoms with van der Waals surface area (Å²) in [5.74, 6) is 0.239. The number of nitrogens with zero attached hydrogens (tertiary/aromatic N) is 4. The number of rotatable bonds is 5. The van der Waals surface area contributed by atoms with E-state index in [-0.39, 0.29) is 5.56 Å². The van der Waals surface area contributed by atoms with Crippen molar-refractivity contribution in [1.29, 1.82) is 0 Å². The Morgan fingerprint density at radius 2 is 2.17 bits per heavy atom. The first kappa shape index (κ1) is 19.9. The van der Waals surface area contributed by atoms with Crippen LogP contribution in [0.25, 0.3) is 21.6 Å². The molecule has 4 rings (SSSR count). The van der Waals surface area contributed by atoms with Crippen molar-refractivity contribution in [1.82, 2.24) is 24.3 Å². The monoisotopic (exact) mass is 438 g/mol. The van der Waals surface area contributed by atoms with Crippen LogP contribution >= 0.6 is 23.6 Å². The molecule has 0 bridgehead atoms. The molecule has 0 aliphatic heterocycles. The van der Waals surface area contributed by atoms with Crippen LogP contribution in [0, 0.1) is 11.7 Å². The van der Waals surface area contributed by atoms with Gasteiger partial charge in [-0.25, -0.2) is 4.98 Å². The quantitative estimate of drug-likeness (QED) is 0.366. The number of thiazole rings is 1. The summed E-state index contributed by atoms with van der Waals surface area (Å²) in [7, 11) is 1.68. The lowest BCUT2D eigenvalue weighted by molar-refractivity contribution is 0.102. The number of aryl methyl sites for hydroxylation is 2. The van der Waals surface area contributed by atoms with Crippen molar-refractivity contribution in [3.05, 3.63) is 69.4 Å². The van der Waals surface area contributed by atoms with E-state index in [0.29, 0.717) is 44.4 Å². The van der Waals surface area contributed by atoms with Gasteiger partial charge in [-0.2, -0.15) is 5.10 Å². The number of pyridine rings is 1. The highest BCUT2D eigenvalue weighted by molar-refractivity contribution is 7.71. The predicted molar refractivity (Wildman–Crippen MR) is 121 cm³/mol. The Bertz CT molecular complexity index is 1410. The third kappa shape index (κ3) is 3.40. The third-order valence-corrected chi connectivity index (χ3v) is 6.07. The smallest absolute Gasteiger partial charge is 0.258 e. The van der Waals surface area contributed by atoms with Crippen molar-refractivity contribution >= 4 is 45.5 Å². The van der Waals surface area contributed by atoms with Crippen LogP contribution < -0.4 is 10.9 Å². The summed E-state index contributed by atoms with van der Waals surface area (Å²) < 4.78 is 3.80. The van der Waals surface area contributed by atoms with Crippen LogP contribution in [0.2, 0.25) is 0 Å². The van der Waals surface area contributed by atoms with Crippen molar-refractivity contribution in [3.8, 4) is 10.7 Å². The van der Waals surface area contributed by atoms with E-state index >= 15 is 0 Å². The van der Waals surface area contributed by atoms with E-state index in [1.807, 2.05) is 35.8 Å². The highest BCUT2D eigenvalue weighted by Crippen LogP contribution is 2.32. The van der Waals surface area contributed by atoms with Crippen LogP contribution in [-0.2, 0) is 13.6 Å². The number of nitrogens with one attached hydrogen (secondary N) is 2. The maximum Gasteiger partial charge on any atom is 0.258 e. The standard InChI is InChI=1S/C20H18N6O2S2/c1-4-9-26-17(23-24-20(26)29)16-11(2)21-19(30-16)22-18(28)13-10-15(27)25(3)14-8-6-5-7-12(13)14/h4-8,10H,1,9H2,2-3H3,(H,24,29)(H,21,22,28). The number of aromatic nitrogens is 5. The molecule has 1 aromatic carbocycles. The van der Waals surface area contributed by atoms with Crippen LogP contribution in [0.3, 0.4) is 0 Å². The molecule has 0 fully saturated rings. The molecule has 10 heteroatoms. The minimum Gasteiger partial charge on any atom is -0.311 e. The number of para-hydroxylation sites is 1. The molecule has 0 unspecified atom stereocenters. The number of carbonyl (C=O) groups is 1. The SMILES string of the molecule is C=CCn1c(-c2sc(NC(=O)c3cc(=O)n(C)c4ccccc34)nc2C)n[nH]c1=S. The number of hydrogen-bond acceptors (Lipinski definition) is 6. The van der Waals surface area contributed by atoms with Crippen molar-refractivity contribution in [2.24, 2.45) is 7.05 Å². The molecule has 0 aliphatic rings. The molecule has 2 N–H and O–H groups in total. The lowest BCUT2D eigenvalue weighted by Gasteiger charge is -2.09. The molecule has 8 nitrogen and oxygen atoms in total. The zero-order valence-electron chi connectivity index (χ0n) is 16.3. The van der Waals surface area contributed by atoms with E-state index in [4.69, 9.17) is 12.2 Å². The van der Waals surface area contributed by atoms with Gasteiger partial charge < -0.3 is 4.57 Å². The molecule has 3 aromatic heterocycles. The summed E-state index contributed by atoms with van der Waals surface area (Å²) in [6.07, 6.45) is 1.73. The second-order valence-corrected chi connectivity index (χ2v) is 8.00. The van der Waals surface area contributed by atoms with Gasteiger partial charge in [0.05, 0.1) is 21.7 Å². The molecule has 1 amide bonds. The maximum atomic E-state index is 13.0. The molecule has 30 heavy (non-hydrogen) atoms. The third-order valence-electron chi connectivity index (χ3n) is 4.69. The summed E-state index contributed by atoms with van der Waals surface area (Å²) in [6.45, 7) is 6.09. The van der Waals surface area contributed by atoms with Gasteiger partial charge in [0.25, 0.3) is 11.5 Å². The van der Waals surface area contributed by atoms with Crippen LogP contribution in [0.4, 0.5) is 5.13 Å². The average Bonchev–Trinajstić information content (AvgIpc) is 3.27. The minimum absolute atomic E-state index is 0.255. The Kier molecular flexibility index (Phi) is 5.18. The summed E-state index contributed by atoms with van der Waals surface area (Å²) >= 11 is 6.56. The highest BCUT2D eigenvalue weighted by atomic mass is 32.1. The van der Waals surface area contributed by atoms with Crippen LogP contribution in [0.15, 0.2) is 47.8 Å². The number of benzene rings is 1. The average molecular weight is 439 g/mol. The molecule has 0 saturated heterocycles. The van der Waals surface area contributed by atoms with E-state index in [1.165, 1.54) is 22.0 Å². The molecule has 4 aromatic rings. The van der Waals surface area contributed by atoms with Gasteiger partial charge in [-0.1, -0.05) is 35.6 Å². The molecular weight excluding hydrogens is 420 g/mol. The molecule has 0 aliphatic carbocycles. The van der Waals surface area contributed by atoms with Crippen LogP contribution in [0.5, 0.6) is 0 Å². The second-order valence-electron chi connectivity index (χ2n) is 6.61. The predicted octanol–water partition coefficient (Wildman–Crippen LogP) is 3.66. The molecule has 0 spiro atoms. The molecule has 0 atom stereocenters. The summed E-state index contributed by atoms with van der Waals surface area (Å²) in [6, 6.07) is 8.62. The topological polar surface area (TPSA) is 97.6 Å². The Hall–Kier alpha value is -3.37. The number of allylic oxidation sites excluding steroid dienone is 1. The number of amides is 1. The van der Waals surface area contributed by atoms with E-state index < -0.39 is 5.91 Å². The van der Waals surface area contributed by atoms with Gasteiger partial charge in [0.15, 0.2) is 15.7 Å². The normalized spacial score (nSPS) is 11.0. The zero-order valence-corrected chi connectivity index (χ0v) is 17.9. The number of hydrogen-bond donors (Lipinski definition) is 2. The van der Waals surface area contributed by atoms with Crippen molar-refractivity contribution in [2.45, 2.75) is 13.5 Å². The lowest BCUT2D eigenvalue weighted by atomic mass is 10.1. The Balaban J connectivity index is 1.71. The van der Waals surface area contributed by atoms with Gasteiger partial charge in [0, 0.05) is 25.0 Å². The largest absolute Gasteiger partial charge is 0.311 e. The number of carbonyl (C=O) groups excluding carboxylic acids is 1. The van der Waals surface area contributed by atoms with Crippen LogP contribution in [0.1, 0.15) is 16.1 Å². The summed E-state index contributed by atoms with van der Waals surface area (Å²) in [5.41, 5.74) is 1.45. The molecule has 0 saturated carbocycles. The van der Waals surface area contributed by atoms with Crippen molar-refractivity contribution in [3.63, 3.8) is 0 Å². The van der Waals surface area contributed by atoms with Gasteiger partial charge in [-0.15, -0.1) is 6.58 Å². The first-order valence-corrected chi connectivity index (χ1v) is 10.3. The summed E-state index contributed by atoms with van der Waals surface area (Å²) in [4.78, 5) is 30.5. The fraction of sp³-hybridized carbons (Fsp3) is 0.150. The molecule has 3 heterocycles. The van der Waals surface area contributed by atoms with Crippen LogP contribution in [-0.4, -0.2) is 30.2 Å². The Morgan fingerprint density at radius 3 is 2.93 bits per heavy atom. The van der Waals surface area contributed by atoms with Crippen molar-refractivity contribution in [2.75, 3.05) is 5.32 Å². The van der Waals surface area contributed by atoms with Gasteiger partial charge >= 0.3 is 0 Å². The lowest BCUT2D eigenvalue weighted by Crippen LogP contribution is -2.21. The fourth-order valence-electron chi connectivity index (χ4n) is 3.21. The van der Waals surface area contributed by atoms with E-state index in [9.17, 15) is 9.59 Å². The fourth-order valence-corrected chi connectivity index (χ4v) is 4.38. The summed E-state index contributed by atoms with van der Waals surface area (Å²) in [5, 5.41) is 11.0. The molecule has 152 valence electrons. The first-order valence-electron chi connectivity index (χ1n) is 9.04. The minimum atomic E-state index is -0.394. The Morgan fingerprint density at radius 1 is 1.40 bits per heavy atom. The second kappa shape index (κ2) is 7.81. The number of aromatic amines is 1. The van der Waals surface area contributed by atoms with Crippen molar-refractivity contribution < 1.29 is 4.79 Å². The van der Waals surface area contributed by atoms with Gasteiger partial charge in [-0.3, -0.25) is 24.6 Å². The number of fused-ring (bicyclic) bond motifs is 1. The molecular formula is C20H18N6O2S2. The number of H-pyrrole nitrogens is 1. The molecule has 0 radical (unpaired) electrons. The van der Waals surface area contributed by atoms with Gasteiger partial charge in [0.1, 0.15) is 0 Å². The van der Waals surface area contributed by atoms with Gasteiger partial charge in [-0.05, 0) is 25.2 Å². The van der Waals surface area contributed by atoms with E-state index in [2.05, 4.69) is 27.1 Å². The van der Waals surface area contributed by atoms with Gasteiger partial charge in [0.2, 0.25) is 0 Å². The maximum absolute atomic E-state index is 13.0. The Labute approximate surface area is 180 Å². The number of anilines is 1.